The van der Waals surface area contributed by atoms with E-state index in [1.165, 1.54) is 23.6 Å². The lowest BCUT2D eigenvalue weighted by molar-refractivity contribution is 0.127. The molecule has 3 heterocycles. The summed E-state index contributed by atoms with van der Waals surface area (Å²) in [5.41, 5.74) is 1.32. The normalized spacial score (nSPS) is 26.6. The summed E-state index contributed by atoms with van der Waals surface area (Å²) in [5.74, 6) is 0. The predicted molar refractivity (Wildman–Crippen MR) is 82.6 cm³/mol. The molecule has 6 heteroatoms. The molecule has 20 heavy (non-hydrogen) atoms. The van der Waals surface area contributed by atoms with Gasteiger partial charge in [0.1, 0.15) is 5.03 Å². The third-order valence-corrected chi connectivity index (χ3v) is 6.26. The van der Waals surface area contributed by atoms with Crippen molar-refractivity contribution >= 4 is 28.1 Å². The van der Waals surface area contributed by atoms with Crippen molar-refractivity contribution in [2.75, 3.05) is 6.61 Å². The standard InChI is InChI=1S/C14H19N3OS2/c1-9-12(4-6-18-9)20-13-11(8-15-10-2-3-10)17-5-7-19-14(17)16-13/h5,7,9-10,12,15H,2-4,6,8H2,1H3. The van der Waals surface area contributed by atoms with Gasteiger partial charge >= 0.3 is 0 Å². The van der Waals surface area contributed by atoms with Crippen LogP contribution in [0.25, 0.3) is 4.96 Å². The van der Waals surface area contributed by atoms with E-state index < -0.39 is 0 Å². The van der Waals surface area contributed by atoms with Gasteiger partial charge in [0.15, 0.2) is 4.96 Å². The summed E-state index contributed by atoms with van der Waals surface area (Å²) >= 11 is 3.61. The number of aromatic nitrogens is 2. The molecule has 1 aliphatic carbocycles. The Bertz CT molecular complexity index is 605. The van der Waals surface area contributed by atoms with Gasteiger partial charge in [0.25, 0.3) is 0 Å². The molecular weight excluding hydrogens is 290 g/mol. The Balaban J connectivity index is 1.59. The number of fused-ring (bicyclic) bond motifs is 1. The minimum absolute atomic E-state index is 0.337. The second-order valence-electron chi connectivity index (χ2n) is 5.60. The fraction of sp³-hybridized carbons (Fsp3) is 0.643. The average molecular weight is 309 g/mol. The zero-order chi connectivity index (χ0) is 13.5. The van der Waals surface area contributed by atoms with Crippen LogP contribution in [0, 0.1) is 0 Å². The number of thiazole rings is 1. The molecule has 1 saturated carbocycles. The molecule has 2 aliphatic rings. The van der Waals surface area contributed by atoms with Crippen LogP contribution >= 0.6 is 23.1 Å². The summed E-state index contributed by atoms with van der Waals surface area (Å²) in [6, 6.07) is 0.728. The third-order valence-electron chi connectivity index (χ3n) is 4.03. The molecule has 2 fully saturated rings. The first-order chi connectivity index (χ1) is 9.81. The van der Waals surface area contributed by atoms with E-state index in [9.17, 15) is 0 Å². The molecule has 1 saturated heterocycles. The minimum atomic E-state index is 0.337. The maximum Gasteiger partial charge on any atom is 0.194 e. The van der Waals surface area contributed by atoms with Crippen LogP contribution in [0.15, 0.2) is 16.6 Å². The Morgan fingerprint density at radius 1 is 1.50 bits per heavy atom. The molecule has 0 aromatic carbocycles. The van der Waals surface area contributed by atoms with E-state index in [2.05, 4.69) is 28.2 Å². The Morgan fingerprint density at radius 3 is 3.15 bits per heavy atom. The average Bonchev–Trinajstić information content (AvgIpc) is 2.85. The number of ether oxygens (including phenoxy) is 1. The Kier molecular flexibility index (Phi) is 3.50. The SMILES string of the molecule is CC1OCCC1Sc1nc2sccn2c1CNC1CC1. The highest BCUT2D eigenvalue weighted by atomic mass is 32.2. The molecule has 2 aromatic rings. The van der Waals surface area contributed by atoms with Crippen molar-refractivity contribution < 1.29 is 4.74 Å². The van der Waals surface area contributed by atoms with Crippen LogP contribution in [-0.4, -0.2) is 33.4 Å². The molecule has 1 aliphatic heterocycles. The summed E-state index contributed by atoms with van der Waals surface area (Å²) in [4.78, 5) is 5.92. The predicted octanol–water partition coefficient (Wildman–Crippen LogP) is 2.92. The number of thioether (sulfide) groups is 1. The summed E-state index contributed by atoms with van der Waals surface area (Å²) in [6.07, 6.45) is 6.24. The van der Waals surface area contributed by atoms with Crippen molar-refractivity contribution in [3.05, 3.63) is 17.3 Å². The first-order valence-corrected chi connectivity index (χ1v) is 9.03. The van der Waals surface area contributed by atoms with E-state index in [1.54, 1.807) is 11.3 Å². The molecule has 4 nitrogen and oxygen atoms in total. The molecular formula is C14H19N3OS2. The molecule has 0 spiro atoms. The second-order valence-corrected chi connectivity index (χ2v) is 7.70. The van der Waals surface area contributed by atoms with Crippen molar-refractivity contribution in [2.24, 2.45) is 0 Å². The Labute approximate surface area is 126 Å². The molecule has 2 aromatic heterocycles. The number of imidazole rings is 1. The van der Waals surface area contributed by atoms with Crippen molar-refractivity contribution in [1.29, 1.82) is 0 Å². The molecule has 0 amide bonds. The first kappa shape index (κ1) is 13.1. The summed E-state index contributed by atoms with van der Waals surface area (Å²) in [6.45, 7) is 3.98. The summed E-state index contributed by atoms with van der Waals surface area (Å²) in [7, 11) is 0. The highest BCUT2D eigenvalue weighted by Gasteiger charge is 2.28. The number of nitrogens with one attached hydrogen (secondary N) is 1. The van der Waals surface area contributed by atoms with Crippen molar-refractivity contribution in [2.45, 2.75) is 55.2 Å². The van der Waals surface area contributed by atoms with Gasteiger partial charge < -0.3 is 10.1 Å². The van der Waals surface area contributed by atoms with Crippen molar-refractivity contribution in [3.8, 4) is 0 Å². The van der Waals surface area contributed by atoms with E-state index in [0.717, 1.165) is 30.6 Å². The first-order valence-electron chi connectivity index (χ1n) is 7.27. The number of nitrogens with zero attached hydrogens (tertiary/aromatic N) is 2. The van der Waals surface area contributed by atoms with Gasteiger partial charge in [-0.2, -0.15) is 0 Å². The van der Waals surface area contributed by atoms with Gasteiger partial charge in [-0.15, -0.1) is 11.3 Å². The molecule has 1 N–H and O–H groups in total. The molecule has 2 atom stereocenters. The van der Waals surface area contributed by atoms with Gasteiger partial charge in [-0.1, -0.05) is 11.8 Å². The highest BCUT2D eigenvalue weighted by Crippen LogP contribution is 2.35. The lowest BCUT2D eigenvalue weighted by atomic mass is 10.3. The van der Waals surface area contributed by atoms with Crippen LogP contribution in [0.1, 0.15) is 31.9 Å². The Hall–Kier alpha value is -0.560. The smallest absolute Gasteiger partial charge is 0.194 e. The highest BCUT2D eigenvalue weighted by molar-refractivity contribution is 8.00. The minimum Gasteiger partial charge on any atom is -0.377 e. The summed E-state index contributed by atoms with van der Waals surface area (Å²) < 4.78 is 7.91. The summed E-state index contributed by atoms with van der Waals surface area (Å²) in [5, 5.41) is 7.45. The van der Waals surface area contributed by atoms with Gasteiger partial charge in [0, 0.05) is 36.0 Å². The van der Waals surface area contributed by atoms with E-state index in [0.29, 0.717) is 11.4 Å². The van der Waals surface area contributed by atoms with Crippen molar-refractivity contribution in [1.82, 2.24) is 14.7 Å². The van der Waals surface area contributed by atoms with Gasteiger partial charge in [-0.25, -0.2) is 4.98 Å². The van der Waals surface area contributed by atoms with Crippen LogP contribution in [0.2, 0.25) is 0 Å². The van der Waals surface area contributed by atoms with Gasteiger partial charge in [-0.05, 0) is 26.2 Å². The monoisotopic (exact) mass is 309 g/mol. The van der Waals surface area contributed by atoms with Gasteiger partial charge in [0.05, 0.1) is 11.8 Å². The fourth-order valence-corrected chi connectivity index (χ4v) is 4.61. The molecule has 0 bridgehead atoms. The van der Waals surface area contributed by atoms with Crippen LogP contribution in [0.5, 0.6) is 0 Å². The van der Waals surface area contributed by atoms with Crippen LogP contribution in [0.3, 0.4) is 0 Å². The second kappa shape index (κ2) is 5.33. The lowest BCUT2D eigenvalue weighted by Crippen LogP contribution is -2.18. The third kappa shape index (κ3) is 2.50. The quantitative estimate of drug-likeness (QED) is 0.922. The largest absolute Gasteiger partial charge is 0.377 e. The fourth-order valence-electron chi connectivity index (χ4n) is 2.61. The zero-order valence-electron chi connectivity index (χ0n) is 11.5. The lowest BCUT2D eigenvalue weighted by Gasteiger charge is -2.13. The van der Waals surface area contributed by atoms with Crippen LogP contribution in [-0.2, 0) is 11.3 Å². The van der Waals surface area contributed by atoms with Crippen LogP contribution < -0.4 is 5.32 Å². The zero-order valence-corrected chi connectivity index (χ0v) is 13.2. The van der Waals surface area contributed by atoms with Gasteiger partial charge in [-0.3, -0.25) is 4.40 Å². The maximum absolute atomic E-state index is 5.67. The molecule has 4 rings (SSSR count). The van der Waals surface area contributed by atoms with E-state index >= 15 is 0 Å². The molecule has 2 unspecified atom stereocenters. The molecule has 0 radical (unpaired) electrons. The van der Waals surface area contributed by atoms with E-state index in [1.807, 2.05) is 11.8 Å². The number of hydrogen-bond acceptors (Lipinski definition) is 5. The van der Waals surface area contributed by atoms with Gasteiger partial charge in [0.2, 0.25) is 0 Å². The topological polar surface area (TPSA) is 38.6 Å². The van der Waals surface area contributed by atoms with Crippen LogP contribution in [0.4, 0.5) is 0 Å². The maximum atomic E-state index is 5.67. The number of rotatable bonds is 5. The van der Waals surface area contributed by atoms with Crippen molar-refractivity contribution in [3.63, 3.8) is 0 Å². The Morgan fingerprint density at radius 2 is 2.40 bits per heavy atom. The molecule has 108 valence electrons. The van der Waals surface area contributed by atoms with E-state index in [-0.39, 0.29) is 0 Å². The number of hydrogen-bond donors (Lipinski definition) is 1. The van der Waals surface area contributed by atoms with E-state index in [4.69, 9.17) is 9.72 Å².